The summed E-state index contributed by atoms with van der Waals surface area (Å²) < 4.78 is 39.1. The summed E-state index contributed by atoms with van der Waals surface area (Å²) in [6.07, 6.45) is 0. The number of rotatable bonds is 7. The Morgan fingerprint density at radius 1 is 0.966 bits per heavy atom. The van der Waals surface area contributed by atoms with Gasteiger partial charge >= 0.3 is 0 Å². The molecular weight excluding hydrogens is 376 g/mol. The first kappa shape index (κ1) is 20.3. The predicted octanol–water partition coefficient (Wildman–Crippen LogP) is 5.50. The second-order valence-electron chi connectivity index (χ2n) is 6.41. The monoisotopic (exact) mass is 397 g/mol. The second-order valence-corrected chi connectivity index (χ2v) is 6.41. The van der Waals surface area contributed by atoms with Crippen LogP contribution in [0.1, 0.15) is 28.4 Å². The van der Waals surface area contributed by atoms with E-state index in [9.17, 15) is 13.6 Å². The standard InChI is InChI=1S/C23H21F2NO3/c1-3-28-21-11-10-16(23(27)26-22-19(24)8-5-9-20(22)25)13-17(21)14-29-18-7-4-6-15(2)12-18/h4-13H,3,14H2,1-2H3,(H,26,27). The lowest BCUT2D eigenvalue weighted by Gasteiger charge is -2.14. The zero-order chi connectivity index (χ0) is 20.8. The lowest BCUT2D eigenvalue weighted by molar-refractivity contribution is 0.102. The summed E-state index contributed by atoms with van der Waals surface area (Å²) in [5, 5.41) is 2.28. The molecule has 0 heterocycles. The highest BCUT2D eigenvalue weighted by Gasteiger charge is 2.15. The van der Waals surface area contributed by atoms with E-state index >= 15 is 0 Å². The molecule has 0 bridgehead atoms. The fourth-order valence-electron chi connectivity index (χ4n) is 2.80. The number of hydrogen-bond donors (Lipinski definition) is 1. The van der Waals surface area contributed by atoms with Gasteiger partial charge in [0.2, 0.25) is 0 Å². The molecule has 4 nitrogen and oxygen atoms in total. The van der Waals surface area contributed by atoms with E-state index in [-0.39, 0.29) is 12.2 Å². The van der Waals surface area contributed by atoms with E-state index < -0.39 is 23.2 Å². The molecule has 3 aromatic rings. The summed E-state index contributed by atoms with van der Waals surface area (Å²) in [7, 11) is 0. The van der Waals surface area contributed by atoms with Crippen molar-refractivity contribution < 1.29 is 23.0 Å². The highest BCUT2D eigenvalue weighted by molar-refractivity contribution is 6.04. The van der Waals surface area contributed by atoms with Crippen LogP contribution in [0.5, 0.6) is 11.5 Å². The third-order valence-corrected chi connectivity index (χ3v) is 4.21. The molecule has 150 valence electrons. The maximum absolute atomic E-state index is 13.8. The number of benzene rings is 3. The molecule has 0 aromatic heterocycles. The Morgan fingerprint density at radius 2 is 1.69 bits per heavy atom. The van der Waals surface area contributed by atoms with E-state index in [0.717, 1.165) is 17.7 Å². The van der Waals surface area contributed by atoms with Gasteiger partial charge in [-0.3, -0.25) is 4.79 Å². The summed E-state index contributed by atoms with van der Waals surface area (Å²) >= 11 is 0. The van der Waals surface area contributed by atoms with Gasteiger partial charge in [0.15, 0.2) is 0 Å². The summed E-state index contributed by atoms with van der Waals surface area (Å²) in [6.45, 7) is 4.44. The number of para-hydroxylation sites is 1. The van der Waals surface area contributed by atoms with E-state index in [2.05, 4.69) is 5.32 Å². The maximum Gasteiger partial charge on any atom is 0.255 e. The van der Waals surface area contributed by atoms with E-state index in [1.54, 1.807) is 12.1 Å². The molecule has 0 atom stereocenters. The van der Waals surface area contributed by atoms with E-state index in [1.165, 1.54) is 12.1 Å². The normalized spacial score (nSPS) is 10.5. The fourth-order valence-corrected chi connectivity index (χ4v) is 2.80. The van der Waals surface area contributed by atoms with Crippen molar-refractivity contribution in [3.8, 4) is 11.5 Å². The van der Waals surface area contributed by atoms with Crippen LogP contribution in [0.3, 0.4) is 0 Å². The Balaban J connectivity index is 1.82. The van der Waals surface area contributed by atoms with Gasteiger partial charge in [0.1, 0.15) is 35.4 Å². The van der Waals surface area contributed by atoms with Crippen LogP contribution in [0.15, 0.2) is 60.7 Å². The number of ether oxygens (including phenoxy) is 2. The predicted molar refractivity (Wildman–Crippen MR) is 107 cm³/mol. The Kier molecular flexibility index (Phi) is 6.44. The van der Waals surface area contributed by atoms with Gasteiger partial charge in [-0.05, 0) is 61.9 Å². The molecule has 0 aliphatic rings. The van der Waals surface area contributed by atoms with Crippen molar-refractivity contribution >= 4 is 11.6 Å². The van der Waals surface area contributed by atoms with Gasteiger partial charge in [0.05, 0.1) is 6.61 Å². The number of carbonyl (C=O) groups is 1. The van der Waals surface area contributed by atoms with Crippen LogP contribution >= 0.6 is 0 Å². The molecule has 0 saturated heterocycles. The Bertz CT molecular complexity index is 1000. The largest absolute Gasteiger partial charge is 0.493 e. The molecule has 3 rings (SSSR count). The number of hydrogen-bond acceptors (Lipinski definition) is 3. The zero-order valence-corrected chi connectivity index (χ0v) is 16.2. The van der Waals surface area contributed by atoms with Gasteiger partial charge in [0, 0.05) is 11.1 Å². The van der Waals surface area contributed by atoms with Gasteiger partial charge in [-0.15, -0.1) is 0 Å². The molecular formula is C23H21F2NO3. The summed E-state index contributed by atoms with van der Waals surface area (Å²) in [4.78, 5) is 12.5. The van der Waals surface area contributed by atoms with Crippen LogP contribution in [-0.4, -0.2) is 12.5 Å². The van der Waals surface area contributed by atoms with Crippen molar-refractivity contribution in [1.82, 2.24) is 0 Å². The van der Waals surface area contributed by atoms with Gasteiger partial charge in [0.25, 0.3) is 5.91 Å². The van der Waals surface area contributed by atoms with Crippen molar-refractivity contribution in [3.63, 3.8) is 0 Å². The molecule has 29 heavy (non-hydrogen) atoms. The Morgan fingerprint density at radius 3 is 2.38 bits per heavy atom. The van der Waals surface area contributed by atoms with E-state index in [0.29, 0.717) is 23.7 Å². The number of anilines is 1. The van der Waals surface area contributed by atoms with Crippen LogP contribution in [-0.2, 0) is 6.61 Å². The summed E-state index contributed by atoms with van der Waals surface area (Å²) in [5.74, 6) is -1.04. The number of halogens is 2. The first-order chi connectivity index (χ1) is 14.0. The highest BCUT2D eigenvalue weighted by atomic mass is 19.1. The van der Waals surface area contributed by atoms with Crippen molar-refractivity contribution in [3.05, 3.63) is 89.0 Å². The molecule has 0 aliphatic heterocycles. The lowest BCUT2D eigenvalue weighted by atomic mass is 10.1. The van der Waals surface area contributed by atoms with Crippen molar-refractivity contribution in [2.45, 2.75) is 20.5 Å². The van der Waals surface area contributed by atoms with Crippen molar-refractivity contribution in [2.24, 2.45) is 0 Å². The molecule has 0 aliphatic carbocycles. The van der Waals surface area contributed by atoms with Gasteiger partial charge in [-0.25, -0.2) is 8.78 Å². The highest BCUT2D eigenvalue weighted by Crippen LogP contribution is 2.25. The number of carbonyl (C=O) groups excluding carboxylic acids is 1. The Labute approximate surface area is 168 Å². The molecule has 0 spiro atoms. The number of nitrogens with one attached hydrogen (secondary N) is 1. The van der Waals surface area contributed by atoms with E-state index in [1.807, 2.05) is 38.1 Å². The average molecular weight is 397 g/mol. The molecule has 1 amide bonds. The van der Waals surface area contributed by atoms with Crippen LogP contribution in [0.4, 0.5) is 14.5 Å². The van der Waals surface area contributed by atoms with Gasteiger partial charge in [-0.2, -0.15) is 0 Å². The minimum absolute atomic E-state index is 0.175. The SMILES string of the molecule is CCOc1ccc(C(=O)Nc2c(F)cccc2F)cc1COc1cccc(C)c1. The molecule has 6 heteroatoms. The number of amides is 1. The van der Waals surface area contributed by atoms with Crippen LogP contribution in [0.25, 0.3) is 0 Å². The lowest BCUT2D eigenvalue weighted by Crippen LogP contribution is -2.15. The van der Waals surface area contributed by atoms with Crippen molar-refractivity contribution in [2.75, 3.05) is 11.9 Å². The quantitative estimate of drug-likeness (QED) is 0.572. The van der Waals surface area contributed by atoms with E-state index in [4.69, 9.17) is 9.47 Å². The smallest absolute Gasteiger partial charge is 0.255 e. The van der Waals surface area contributed by atoms with Crippen LogP contribution in [0.2, 0.25) is 0 Å². The van der Waals surface area contributed by atoms with Crippen LogP contribution < -0.4 is 14.8 Å². The average Bonchev–Trinajstić information content (AvgIpc) is 2.70. The topological polar surface area (TPSA) is 47.6 Å². The molecule has 0 fully saturated rings. The molecule has 0 unspecified atom stereocenters. The fraction of sp³-hybridized carbons (Fsp3) is 0.174. The third kappa shape index (κ3) is 5.10. The molecule has 3 aromatic carbocycles. The zero-order valence-electron chi connectivity index (χ0n) is 16.2. The Hall–Kier alpha value is -3.41. The molecule has 0 saturated carbocycles. The maximum atomic E-state index is 13.8. The van der Waals surface area contributed by atoms with Gasteiger partial charge in [-0.1, -0.05) is 18.2 Å². The summed E-state index contributed by atoms with van der Waals surface area (Å²) in [6, 6.07) is 15.8. The number of aryl methyl sites for hydroxylation is 1. The molecule has 0 radical (unpaired) electrons. The van der Waals surface area contributed by atoms with Gasteiger partial charge < -0.3 is 14.8 Å². The minimum Gasteiger partial charge on any atom is -0.493 e. The molecule has 1 N–H and O–H groups in total. The third-order valence-electron chi connectivity index (χ3n) is 4.21. The minimum atomic E-state index is -0.840. The van der Waals surface area contributed by atoms with Crippen molar-refractivity contribution in [1.29, 1.82) is 0 Å². The second kappa shape index (κ2) is 9.19. The summed E-state index contributed by atoms with van der Waals surface area (Å²) in [5.41, 5.74) is 1.46. The van der Waals surface area contributed by atoms with Crippen LogP contribution in [0, 0.1) is 18.6 Å². The first-order valence-corrected chi connectivity index (χ1v) is 9.18. The first-order valence-electron chi connectivity index (χ1n) is 9.18.